The van der Waals surface area contributed by atoms with Gasteiger partial charge in [0.15, 0.2) is 0 Å². The number of nitrogens with zero attached hydrogens (tertiary/aromatic N) is 3. The van der Waals surface area contributed by atoms with Crippen molar-refractivity contribution in [2.75, 3.05) is 6.54 Å². The molecule has 0 aliphatic carbocycles. The third-order valence-electron chi connectivity index (χ3n) is 2.44. The normalized spacial score (nSPS) is 20.7. The Hall–Kier alpha value is -0.950. The van der Waals surface area contributed by atoms with Crippen LogP contribution in [0.15, 0.2) is 10.7 Å². The molecule has 82 valence electrons. The molecule has 1 aliphatic heterocycles. The SMILES string of the molecule is O=[N+]([O-])c1nn(CC2CCCN2)cc1Br. The van der Waals surface area contributed by atoms with Crippen LogP contribution in [0.1, 0.15) is 12.8 Å². The fraction of sp³-hybridized carbons (Fsp3) is 0.625. The fourth-order valence-corrected chi connectivity index (χ4v) is 2.20. The lowest BCUT2D eigenvalue weighted by Gasteiger charge is -2.06. The van der Waals surface area contributed by atoms with Gasteiger partial charge in [0, 0.05) is 6.04 Å². The number of nitrogens with one attached hydrogen (secondary N) is 1. The average Bonchev–Trinajstić information content (AvgIpc) is 2.75. The summed E-state index contributed by atoms with van der Waals surface area (Å²) in [7, 11) is 0. The Bertz CT molecular complexity index is 373. The quantitative estimate of drug-likeness (QED) is 0.666. The fourth-order valence-electron chi connectivity index (χ4n) is 1.74. The highest BCUT2D eigenvalue weighted by Crippen LogP contribution is 2.22. The number of halogens is 1. The summed E-state index contributed by atoms with van der Waals surface area (Å²) in [6.07, 6.45) is 3.92. The number of rotatable bonds is 3. The van der Waals surface area contributed by atoms with E-state index in [9.17, 15) is 10.1 Å². The minimum absolute atomic E-state index is 0.118. The van der Waals surface area contributed by atoms with Crippen molar-refractivity contribution in [3.05, 3.63) is 20.8 Å². The van der Waals surface area contributed by atoms with Crippen LogP contribution in [0.2, 0.25) is 0 Å². The van der Waals surface area contributed by atoms with Crippen molar-refractivity contribution in [1.29, 1.82) is 0 Å². The Labute approximate surface area is 94.9 Å². The number of nitro groups is 1. The van der Waals surface area contributed by atoms with E-state index in [0.29, 0.717) is 17.1 Å². The van der Waals surface area contributed by atoms with Gasteiger partial charge < -0.3 is 15.4 Å². The van der Waals surface area contributed by atoms with Gasteiger partial charge in [0.2, 0.25) is 0 Å². The zero-order valence-electron chi connectivity index (χ0n) is 8.02. The van der Waals surface area contributed by atoms with Crippen LogP contribution >= 0.6 is 15.9 Å². The molecule has 1 aliphatic rings. The molecule has 0 saturated carbocycles. The average molecular weight is 275 g/mol. The van der Waals surface area contributed by atoms with E-state index in [1.165, 1.54) is 0 Å². The standard InChI is InChI=1S/C8H11BrN4O2/c9-7-5-12(11-8(7)13(14)15)4-6-2-1-3-10-6/h5-6,10H,1-4H2. The highest BCUT2D eigenvalue weighted by atomic mass is 79.9. The summed E-state index contributed by atoms with van der Waals surface area (Å²) in [5.41, 5.74) is 0. The van der Waals surface area contributed by atoms with Crippen LogP contribution in [0, 0.1) is 10.1 Å². The minimum Gasteiger partial charge on any atom is -0.358 e. The predicted octanol–water partition coefficient (Wildman–Crippen LogP) is 1.31. The van der Waals surface area contributed by atoms with Crippen molar-refractivity contribution in [2.24, 2.45) is 0 Å². The van der Waals surface area contributed by atoms with Crippen LogP contribution in [0.4, 0.5) is 5.82 Å². The molecule has 2 rings (SSSR count). The van der Waals surface area contributed by atoms with Crippen molar-refractivity contribution >= 4 is 21.7 Å². The van der Waals surface area contributed by atoms with Crippen molar-refractivity contribution in [2.45, 2.75) is 25.4 Å². The smallest absolute Gasteiger partial charge is 0.358 e. The third kappa shape index (κ3) is 2.35. The van der Waals surface area contributed by atoms with Crippen LogP contribution in [0.5, 0.6) is 0 Å². The van der Waals surface area contributed by atoms with Gasteiger partial charge in [-0.3, -0.25) is 0 Å². The maximum Gasteiger partial charge on any atom is 0.404 e. The number of hydrogen-bond donors (Lipinski definition) is 1. The van der Waals surface area contributed by atoms with E-state index in [0.717, 1.165) is 19.4 Å². The summed E-state index contributed by atoms with van der Waals surface area (Å²) < 4.78 is 2.05. The molecule has 1 fully saturated rings. The Morgan fingerprint density at radius 1 is 1.80 bits per heavy atom. The third-order valence-corrected chi connectivity index (χ3v) is 3.00. The van der Waals surface area contributed by atoms with Gasteiger partial charge in [-0.2, -0.15) is 4.68 Å². The molecule has 15 heavy (non-hydrogen) atoms. The molecule has 0 aromatic carbocycles. The van der Waals surface area contributed by atoms with Gasteiger partial charge in [0.05, 0.1) is 17.8 Å². The molecule has 0 spiro atoms. The first-order valence-corrected chi connectivity index (χ1v) is 5.57. The number of aromatic nitrogens is 2. The van der Waals surface area contributed by atoms with Gasteiger partial charge >= 0.3 is 5.82 Å². The van der Waals surface area contributed by atoms with Crippen molar-refractivity contribution < 1.29 is 4.92 Å². The minimum atomic E-state index is -0.483. The maximum atomic E-state index is 10.6. The molecule has 7 heteroatoms. The molecule has 0 amide bonds. The summed E-state index contributed by atoms with van der Waals surface area (Å²) in [6, 6.07) is 0.386. The lowest BCUT2D eigenvalue weighted by atomic mass is 10.2. The Kier molecular flexibility index (Phi) is 3.01. The van der Waals surface area contributed by atoms with Gasteiger partial charge in [-0.1, -0.05) is 0 Å². The van der Waals surface area contributed by atoms with Crippen molar-refractivity contribution in [3.8, 4) is 0 Å². The summed E-state index contributed by atoms with van der Waals surface area (Å²) in [4.78, 5) is 10.1. The van der Waals surface area contributed by atoms with Crippen LogP contribution in [0.3, 0.4) is 0 Å². The van der Waals surface area contributed by atoms with Crippen molar-refractivity contribution in [3.63, 3.8) is 0 Å². The second kappa shape index (κ2) is 4.28. The molecular formula is C8H11BrN4O2. The van der Waals surface area contributed by atoms with Crippen LogP contribution in [-0.2, 0) is 6.54 Å². The lowest BCUT2D eigenvalue weighted by Crippen LogP contribution is -2.26. The molecule has 0 bridgehead atoms. The lowest BCUT2D eigenvalue weighted by molar-refractivity contribution is -0.390. The van der Waals surface area contributed by atoms with E-state index >= 15 is 0 Å². The Balaban J connectivity index is 2.08. The predicted molar refractivity (Wildman–Crippen MR) is 57.6 cm³/mol. The van der Waals surface area contributed by atoms with E-state index < -0.39 is 4.92 Å². The van der Waals surface area contributed by atoms with E-state index in [1.807, 2.05) is 0 Å². The Morgan fingerprint density at radius 2 is 2.60 bits per heavy atom. The van der Waals surface area contributed by atoms with Gasteiger partial charge in [-0.25, -0.2) is 0 Å². The summed E-state index contributed by atoms with van der Waals surface area (Å²) in [6.45, 7) is 1.71. The zero-order valence-corrected chi connectivity index (χ0v) is 9.61. The van der Waals surface area contributed by atoms with E-state index in [2.05, 4.69) is 26.3 Å². The highest BCUT2D eigenvalue weighted by molar-refractivity contribution is 9.10. The molecule has 6 nitrogen and oxygen atoms in total. The van der Waals surface area contributed by atoms with Crippen molar-refractivity contribution in [1.82, 2.24) is 15.1 Å². The summed E-state index contributed by atoms with van der Waals surface area (Å²) >= 11 is 3.12. The van der Waals surface area contributed by atoms with E-state index in [-0.39, 0.29) is 5.82 Å². The second-order valence-electron chi connectivity index (χ2n) is 3.57. The van der Waals surface area contributed by atoms with Gasteiger partial charge in [-0.15, -0.1) is 0 Å². The van der Waals surface area contributed by atoms with Gasteiger partial charge in [0.25, 0.3) is 0 Å². The first-order valence-electron chi connectivity index (χ1n) is 4.77. The molecule has 1 unspecified atom stereocenters. The van der Waals surface area contributed by atoms with Gasteiger partial charge in [0.1, 0.15) is 4.47 Å². The molecule has 1 saturated heterocycles. The van der Waals surface area contributed by atoms with Crippen LogP contribution in [0.25, 0.3) is 0 Å². The van der Waals surface area contributed by atoms with E-state index in [4.69, 9.17) is 0 Å². The zero-order chi connectivity index (χ0) is 10.8. The van der Waals surface area contributed by atoms with Crippen LogP contribution < -0.4 is 5.32 Å². The monoisotopic (exact) mass is 274 g/mol. The molecule has 1 N–H and O–H groups in total. The molecule has 1 aromatic heterocycles. The molecule has 1 atom stereocenters. The molecule has 1 aromatic rings. The number of hydrogen-bond acceptors (Lipinski definition) is 4. The summed E-state index contributed by atoms with van der Waals surface area (Å²) in [5, 5.41) is 17.8. The maximum absolute atomic E-state index is 10.6. The molecular weight excluding hydrogens is 264 g/mol. The second-order valence-corrected chi connectivity index (χ2v) is 4.43. The molecule has 0 radical (unpaired) electrons. The van der Waals surface area contributed by atoms with Gasteiger partial charge in [-0.05, 0) is 40.2 Å². The first-order chi connectivity index (χ1) is 7.16. The largest absolute Gasteiger partial charge is 0.404 e. The molecule has 2 heterocycles. The first kappa shape index (κ1) is 10.6. The Morgan fingerprint density at radius 3 is 3.13 bits per heavy atom. The highest BCUT2D eigenvalue weighted by Gasteiger charge is 2.21. The van der Waals surface area contributed by atoms with E-state index in [1.54, 1.807) is 10.9 Å². The topological polar surface area (TPSA) is 73.0 Å². The summed E-state index contributed by atoms with van der Waals surface area (Å²) in [5.74, 6) is -0.118. The van der Waals surface area contributed by atoms with Crippen LogP contribution in [-0.4, -0.2) is 27.3 Å².